The highest BCUT2D eigenvalue weighted by atomic mass is 16.5. The van der Waals surface area contributed by atoms with E-state index in [1.165, 1.54) is 24.8 Å². The van der Waals surface area contributed by atoms with Crippen molar-refractivity contribution in [1.29, 1.82) is 0 Å². The lowest BCUT2D eigenvalue weighted by molar-refractivity contribution is -0.00259. The molecule has 0 aromatic heterocycles. The summed E-state index contributed by atoms with van der Waals surface area (Å²) in [5.41, 5.74) is 2.28. The monoisotopic (exact) mass is 287 g/mol. The first-order valence-electron chi connectivity index (χ1n) is 7.77. The van der Waals surface area contributed by atoms with Crippen molar-refractivity contribution in [2.24, 2.45) is 0 Å². The summed E-state index contributed by atoms with van der Waals surface area (Å²) in [5.74, 6) is 6.05. The Morgan fingerprint density at radius 2 is 2.29 bits per heavy atom. The van der Waals surface area contributed by atoms with Crippen LogP contribution in [0.2, 0.25) is 0 Å². The van der Waals surface area contributed by atoms with Crippen molar-refractivity contribution in [3.8, 4) is 11.8 Å². The molecule has 0 radical (unpaired) electrons. The number of hydrogen-bond acceptors (Lipinski definition) is 3. The minimum atomic E-state index is 0.122. The van der Waals surface area contributed by atoms with E-state index in [0.717, 1.165) is 25.3 Å². The van der Waals surface area contributed by atoms with Crippen LogP contribution in [0.25, 0.3) is 0 Å². The van der Waals surface area contributed by atoms with E-state index in [2.05, 4.69) is 35.9 Å². The van der Waals surface area contributed by atoms with E-state index in [4.69, 9.17) is 9.84 Å². The summed E-state index contributed by atoms with van der Waals surface area (Å²) in [7, 11) is 2.14. The molecule has 1 saturated heterocycles. The largest absolute Gasteiger partial charge is 0.395 e. The lowest BCUT2D eigenvalue weighted by atomic mass is 10.1. The minimum Gasteiger partial charge on any atom is -0.395 e. The second-order valence-corrected chi connectivity index (χ2v) is 5.66. The Labute approximate surface area is 127 Å². The zero-order chi connectivity index (χ0) is 14.9. The fraction of sp³-hybridized carbons (Fsp3) is 0.556. The second-order valence-electron chi connectivity index (χ2n) is 5.66. The Kier molecular flexibility index (Phi) is 6.75. The second kappa shape index (κ2) is 8.84. The highest BCUT2D eigenvalue weighted by Gasteiger charge is 2.15. The molecule has 21 heavy (non-hydrogen) atoms. The zero-order valence-corrected chi connectivity index (χ0v) is 12.8. The van der Waals surface area contributed by atoms with Crippen LogP contribution in [0.15, 0.2) is 24.3 Å². The highest BCUT2D eigenvalue weighted by Crippen LogP contribution is 2.14. The van der Waals surface area contributed by atoms with Crippen LogP contribution in [0.4, 0.5) is 0 Å². The maximum absolute atomic E-state index is 8.75. The number of aliphatic hydroxyl groups excluding tert-OH is 1. The molecule has 1 aliphatic rings. The fourth-order valence-corrected chi connectivity index (χ4v) is 2.64. The van der Waals surface area contributed by atoms with Gasteiger partial charge in [0, 0.05) is 31.7 Å². The van der Waals surface area contributed by atoms with Crippen LogP contribution in [0.3, 0.4) is 0 Å². The van der Waals surface area contributed by atoms with Gasteiger partial charge in [-0.2, -0.15) is 0 Å². The molecule has 1 aromatic carbocycles. The number of benzene rings is 1. The molecular formula is C18H25NO2. The van der Waals surface area contributed by atoms with Gasteiger partial charge in [-0.05, 0) is 44.0 Å². The maximum Gasteiger partial charge on any atom is 0.0702 e. The Hall–Kier alpha value is -1.34. The maximum atomic E-state index is 8.75. The molecule has 1 unspecified atom stereocenters. The van der Waals surface area contributed by atoms with Crippen molar-refractivity contribution in [2.45, 2.75) is 38.3 Å². The van der Waals surface area contributed by atoms with Crippen molar-refractivity contribution in [3.05, 3.63) is 35.4 Å². The van der Waals surface area contributed by atoms with Gasteiger partial charge in [0.1, 0.15) is 0 Å². The van der Waals surface area contributed by atoms with Crippen molar-refractivity contribution in [3.63, 3.8) is 0 Å². The number of rotatable bonds is 5. The standard InChI is InChI=1S/C18H25NO2/c1-19(15-18-10-3-5-12-21-18)14-17-9-6-8-16(13-17)7-2-4-11-20/h6,8-9,13,18,20H,3-5,10-12,14-15H2,1H3. The van der Waals surface area contributed by atoms with E-state index in [1.54, 1.807) is 0 Å². The lowest BCUT2D eigenvalue weighted by Gasteiger charge is -2.27. The molecule has 0 saturated carbocycles. The summed E-state index contributed by atoms with van der Waals surface area (Å²) in [6.45, 7) is 2.93. The third-order valence-electron chi connectivity index (χ3n) is 3.64. The molecule has 0 amide bonds. The van der Waals surface area contributed by atoms with Gasteiger partial charge in [0.25, 0.3) is 0 Å². The summed E-state index contributed by atoms with van der Waals surface area (Å²) in [6.07, 6.45) is 4.58. The number of ether oxygens (including phenoxy) is 1. The number of aliphatic hydroxyl groups is 1. The lowest BCUT2D eigenvalue weighted by Crippen LogP contribution is -2.33. The molecule has 114 valence electrons. The summed E-state index contributed by atoms with van der Waals surface area (Å²) in [6, 6.07) is 8.32. The predicted octanol–water partition coefficient (Wildman–Crippen LogP) is 2.42. The van der Waals surface area contributed by atoms with Gasteiger partial charge < -0.3 is 9.84 Å². The van der Waals surface area contributed by atoms with Gasteiger partial charge in [-0.1, -0.05) is 24.0 Å². The third-order valence-corrected chi connectivity index (χ3v) is 3.64. The summed E-state index contributed by atoms with van der Waals surface area (Å²) in [5, 5.41) is 8.75. The smallest absolute Gasteiger partial charge is 0.0702 e. The molecular weight excluding hydrogens is 262 g/mol. The minimum absolute atomic E-state index is 0.122. The first-order chi connectivity index (χ1) is 10.3. The molecule has 1 aromatic rings. The van der Waals surface area contributed by atoms with Crippen LogP contribution in [0.1, 0.15) is 36.8 Å². The predicted molar refractivity (Wildman–Crippen MR) is 84.9 cm³/mol. The van der Waals surface area contributed by atoms with Crippen molar-refractivity contribution >= 4 is 0 Å². The SMILES string of the molecule is CN(Cc1cccc(C#CCCO)c1)CC1CCCCO1. The van der Waals surface area contributed by atoms with Gasteiger partial charge in [0.05, 0.1) is 12.7 Å². The van der Waals surface area contributed by atoms with E-state index in [-0.39, 0.29) is 6.61 Å². The fourth-order valence-electron chi connectivity index (χ4n) is 2.64. The Morgan fingerprint density at radius 1 is 1.38 bits per heavy atom. The van der Waals surface area contributed by atoms with Crippen LogP contribution >= 0.6 is 0 Å². The van der Waals surface area contributed by atoms with E-state index >= 15 is 0 Å². The van der Waals surface area contributed by atoms with Gasteiger partial charge in [-0.3, -0.25) is 4.90 Å². The van der Waals surface area contributed by atoms with Gasteiger partial charge in [-0.25, -0.2) is 0 Å². The summed E-state index contributed by atoms with van der Waals surface area (Å²) >= 11 is 0. The van der Waals surface area contributed by atoms with Gasteiger partial charge >= 0.3 is 0 Å². The van der Waals surface area contributed by atoms with Gasteiger partial charge in [0.15, 0.2) is 0 Å². The van der Waals surface area contributed by atoms with E-state index in [1.807, 2.05) is 12.1 Å². The molecule has 1 fully saturated rings. The van der Waals surface area contributed by atoms with Crippen molar-refractivity contribution in [2.75, 3.05) is 26.8 Å². The van der Waals surface area contributed by atoms with Crippen molar-refractivity contribution in [1.82, 2.24) is 4.90 Å². The number of likely N-dealkylation sites (N-methyl/N-ethyl adjacent to an activating group) is 1. The van der Waals surface area contributed by atoms with Crippen LogP contribution in [0, 0.1) is 11.8 Å². The van der Waals surface area contributed by atoms with Gasteiger partial charge in [0.2, 0.25) is 0 Å². The topological polar surface area (TPSA) is 32.7 Å². The summed E-state index contributed by atoms with van der Waals surface area (Å²) < 4.78 is 5.79. The molecule has 3 nitrogen and oxygen atoms in total. The first kappa shape index (κ1) is 16.0. The molecule has 3 heteroatoms. The Balaban J connectivity index is 1.86. The average molecular weight is 287 g/mol. The molecule has 2 rings (SSSR count). The average Bonchev–Trinajstić information content (AvgIpc) is 2.49. The Bertz CT molecular complexity index is 483. The molecule has 1 heterocycles. The molecule has 1 N–H and O–H groups in total. The van der Waals surface area contributed by atoms with E-state index in [9.17, 15) is 0 Å². The quantitative estimate of drug-likeness (QED) is 0.844. The molecule has 1 atom stereocenters. The summed E-state index contributed by atoms with van der Waals surface area (Å²) in [4.78, 5) is 2.32. The van der Waals surface area contributed by atoms with E-state index in [0.29, 0.717) is 12.5 Å². The van der Waals surface area contributed by atoms with Crippen molar-refractivity contribution < 1.29 is 9.84 Å². The van der Waals surface area contributed by atoms with Crippen LogP contribution < -0.4 is 0 Å². The Morgan fingerprint density at radius 3 is 3.05 bits per heavy atom. The molecule has 0 aliphatic carbocycles. The van der Waals surface area contributed by atoms with E-state index < -0.39 is 0 Å². The first-order valence-corrected chi connectivity index (χ1v) is 7.77. The number of hydrogen-bond donors (Lipinski definition) is 1. The normalized spacial score (nSPS) is 18.3. The highest BCUT2D eigenvalue weighted by molar-refractivity contribution is 5.37. The van der Waals surface area contributed by atoms with Gasteiger partial charge in [-0.15, -0.1) is 0 Å². The zero-order valence-electron chi connectivity index (χ0n) is 12.8. The van der Waals surface area contributed by atoms with Crippen LogP contribution in [-0.4, -0.2) is 42.9 Å². The number of nitrogens with zero attached hydrogens (tertiary/aromatic N) is 1. The molecule has 0 spiro atoms. The molecule has 0 bridgehead atoms. The molecule has 1 aliphatic heterocycles. The van der Waals surface area contributed by atoms with Crippen LogP contribution in [0.5, 0.6) is 0 Å². The third kappa shape index (κ3) is 5.89. The van der Waals surface area contributed by atoms with Crippen LogP contribution in [-0.2, 0) is 11.3 Å².